The number of carbonyl (C=O) groups is 2. The van der Waals surface area contributed by atoms with E-state index in [0.29, 0.717) is 12.6 Å². The van der Waals surface area contributed by atoms with Crippen molar-refractivity contribution in [1.29, 1.82) is 0 Å². The molecule has 2 fully saturated rings. The number of hydrogen-bond donors (Lipinski definition) is 3. The van der Waals surface area contributed by atoms with Gasteiger partial charge < -0.3 is 10.6 Å². The molecule has 0 unspecified atom stereocenters. The van der Waals surface area contributed by atoms with Gasteiger partial charge in [-0.25, -0.2) is 4.79 Å². The van der Waals surface area contributed by atoms with Crippen LogP contribution in [0.1, 0.15) is 25.7 Å². The van der Waals surface area contributed by atoms with Crippen molar-refractivity contribution in [3.8, 4) is 0 Å². The van der Waals surface area contributed by atoms with Crippen LogP contribution in [0.5, 0.6) is 0 Å². The number of rotatable bonds is 4. The van der Waals surface area contributed by atoms with Crippen molar-refractivity contribution in [2.24, 2.45) is 0 Å². The van der Waals surface area contributed by atoms with Crippen LogP contribution in [-0.2, 0) is 4.79 Å². The van der Waals surface area contributed by atoms with Crippen molar-refractivity contribution in [1.82, 2.24) is 20.9 Å². The molecule has 0 radical (unpaired) electrons. The zero-order chi connectivity index (χ0) is 13.0. The van der Waals surface area contributed by atoms with Gasteiger partial charge in [-0.05, 0) is 32.7 Å². The molecule has 19 heavy (non-hydrogen) atoms. The van der Waals surface area contributed by atoms with Crippen LogP contribution in [0.2, 0.25) is 0 Å². The van der Waals surface area contributed by atoms with Gasteiger partial charge in [0.15, 0.2) is 0 Å². The highest BCUT2D eigenvalue weighted by molar-refractivity contribution is 5.95. The second-order valence-corrected chi connectivity index (χ2v) is 5.14. The molecule has 0 aromatic heterocycles. The molecule has 7 heteroatoms. The number of halogens is 1. The Labute approximate surface area is 120 Å². The molecule has 0 bridgehead atoms. The fraction of sp³-hybridized carbons (Fsp3) is 0.833. The molecule has 0 spiro atoms. The molecule has 1 saturated heterocycles. The molecule has 1 saturated carbocycles. The van der Waals surface area contributed by atoms with E-state index in [-0.39, 0.29) is 30.4 Å². The average Bonchev–Trinajstić information content (AvgIpc) is 3.13. The first-order valence-corrected chi connectivity index (χ1v) is 6.67. The summed E-state index contributed by atoms with van der Waals surface area (Å²) in [6.45, 7) is 2.13. The molecule has 0 aromatic carbocycles. The fourth-order valence-electron chi connectivity index (χ4n) is 2.20. The van der Waals surface area contributed by atoms with Gasteiger partial charge in [-0.3, -0.25) is 15.0 Å². The van der Waals surface area contributed by atoms with E-state index in [0.717, 1.165) is 38.8 Å². The third-order valence-electron chi connectivity index (χ3n) is 3.53. The summed E-state index contributed by atoms with van der Waals surface area (Å²) in [7, 11) is 1.97. The van der Waals surface area contributed by atoms with Gasteiger partial charge in [0, 0.05) is 25.2 Å². The van der Waals surface area contributed by atoms with Crippen molar-refractivity contribution in [3.05, 3.63) is 0 Å². The van der Waals surface area contributed by atoms with Gasteiger partial charge in [-0.1, -0.05) is 0 Å². The summed E-state index contributed by atoms with van der Waals surface area (Å²) in [5.41, 5.74) is 0. The Morgan fingerprint density at radius 1 is 1.11 bits per heavy atom. The van der Waals surface area contributed by atoms with Crippen molar-refractivity contribution < 1.29 is 9.59 Å². The van der Waals surface area contributed by atoms with Crippen molar-refractivity contribution in [2.75, 3.05) is 26.7 Å². The Kier molecular flexibility index (Phi) is 6.54. The number of amides is 3. The summed E-state index contributed by atoms with van der Waals surface area (Å²) < 4.78 is 0. The predicted octanol–water partition coefficient (Wildman–Crippen LogP) is 0.0802. The first-order valence-electron chi connectivity index (χ1n) is 6.67. The Hall–Kier alpha value is -0.850. The quantitative estimate of drug-likeness (QED) is 0.686. The van der Waals surface area contributed by atoms with Gasteiger partial charge in [-0.2, -0.15) is 0 Å². The lowest BCUT2D eigenvalue weighted by molar-refractivity contribution is -0.121. The molecule has 3 N–H and O–H groups in total. The van der Waals surface area contributed by atoms with Crippen LogP contribution in [0.25, 0.3) is 0 Å². The molecule has 1 aliphatic heterocycles. The van der Waals surface area contributed by atoms with E-state index >= 15 is 0 Å². The third kappa shape index (κ3) is 5.76. The van der Waals surface area contributed by atoms with E-state index in [1.165, 1.54) is 0 Å². The highest BCUT2D eigenvalue weighted by Crippen LogP contribution is 2.18. The molecular formula is C12H23ClN4O2. The molecule has 110 valence electrons. The summed E-state index contributed by atoms with van der Waals surface area (Å²) in [6, 6.07) is 0.485. The number of nitrogens with zero attached hydrogens (tertiary/aromatic N) is 1. The van der Waals surface area contributed by atoms with E-state index in [9.17, 15) is 9.59 Å². The molecule has 0 atom stereocenters. The van der Waals surface area contributed by atoms with Gasteiger partial charge in [-0.15, -0.1) is 12.4 Å². The van der Waals surface area contributed by atoms with Gasteiger partial charge in [0.05, 0.1) is 6.54 Å². The van der Waals surface area contributed by atoms with Crippen molar-refractivity contribution in [2.45, 2.75) is 37.8 Å². The van der Waals surface area contributed by atoms with Crippen LogP contribution in [0, 0.1) is 0 Å². The summed E-state index contributed by atoms with van der Waals surface area (Å²) in [6.07, 6.45) is 4.16. The minimum Gasteiger partial charge on any atom is -0.335 e. The predicted molar refractivity (Wildman–Crippen MR) is 75.5 cm³/mol. The van der Waals surface area contributed by atoms with E-state index in [2.05, 4.69) is 20.9 Å². The molecule has 3 amide bonds. The lowest BCUT2D eigenvalue weighted by Crippen LogP contribution is -2.48. The van der Waals surface area contributed by atoms with Gasteiger partial charge >= 0.3 is 6.03 Å². The second-order valence-electron chi connectivity index (χ2n) is 5.14. The van der Waals surface area contributed by atoms with Crippen LogP contribution < -0.4 is 16.0 Å². The van der Waals surface area contributed by atoms with Crippen molar-refractivity contribution >= 4 is 24.3 Å². The van der Waals surface area contributed by atoms with Gasteiger partial charge in [0.2, 0.25) is 5.91 Å². The first kappa shape index (κ1) is 16.2. The normalized spacial score (nSPS) is 20.5. The maximum atomic E-state index is 11.6. The van der Waals surface area contributed by atoms with Crippen LogP contribution in [0.15, 0.2) is 0 Å². The summed E-state index contributed by atoms with van der Waals surface area (Å²) in [5.74, 6) is -0.212. The molecule has 2 aliphatic rings. The van der Waals surface area contributed by atoms with Gasteiger partial charge in [0.1, 0.15) is 0 Å². The molecule has 0 aromatic rings. The third-order valence-corrected chi connectivity index (χ3v) is 3.53. The van der Waals surface area contributed by atoms with Crippen molar-refractivity contribution in [3.63, 3.8) is 0 Å². The lowest BCUT2D eigenvalue weighted by Gasteiger charge is -2.31. The maximum Gasteiger partial charge on any atom is 0.321 e. The molecular weight excluding hydrogens is 268 g/mol. The fourth-order valence-corrected chi connectivity index (χ4v) is 2.20. The van der Waals surface area contributed by atoms with Gasteiger partial charge in [0.25, 0.3) is 0 Å². The smallest absolute Gasteiger partial charge is 0.321 e. The van der Waals surface area contributed by atoms with Crippen LogP contribution >= 0.6 is 12.4 Å². The van der Waals surface area contributed by atoms with Crippen LogP contribution in [0.4, 0.5) is 4.79 Å². The van der Waals surface area contributed by atoms with E-state index < -0.39 is 0 Å². The Balaban J connectivity index is 0.00000180. The zero-order valence-electron chi connectivity index (χ0n) is 11.3. The highest BCUT2D eigenvalue weighted by atomic mass is 35.5. The van der Waals surface area contributed by atoms with E-state index in [1.54, 1.807) is 0 Å². The van der Waals surface area contributed by atoms with E-state index in [1.807, 2.05) is 7.05 Å². The number of likely N-dealkylation sites (tertiary alicyclic amines) is 1. The first-order chi connectivity index (χ1) is 8.67. The SMILES string of the molecule is CNC1CCN(CC(=O)NC(=O)NC2CC2)CC1.Cl. The summed E-state index contributed by atoms with van der Waals surface area (Å²) in [5, 5.41) is 8.36. The number of piperidine rings is 1. The zero-order valence-corrected chi connectivity index (χ0v) is 12.1. The number of hydrogen-bond acceptors (Lipinski definition) is 4. The number of urea groups is 1. The van der Waals surface area contributed by atoms with Crippen LogP contribution in [-0.4, -0.2) is 55.6 Å². The number of nitrogens with one attached hydrogen (secondary N) is 3. The molecule has 1 heterocycles. The van der Waals surface area contributed by atoms with E-state index in [4.69, 9.17) is 0 Å². The summed E-state index contributed by atoms with van der Waals surface area (Å²) in [4.78, 5) is 25.1. The Morgan fingerprint density at radius 2 is 1.74 bits per heavy atom. The average molecular weight is 291 g/mol. The van der Waals surface area contributed by atoms with Crippen LogP contribution in [0.3, 0.4) is 0 Å². The Morgan fingerprint density at radius 3 is 2.26 bits per heavy atom. The number of carbonyl (C=O) groups excluding carboxylic acids is 2. The topological polar surface area (TPSA) is 73.5 Å². The monoisotopic (exact) mass is 290 g/mol. The molecule has 1 aliphatic carbocycles. The summed E-state index contributed by atoms with van der Waals surface area (Å²) >= 11 is 0. The minimum absolute atomic E-state index is 0. The number of imide groups is 1. The lowest BCUT2D eigenvalue weighted by atomic mass is 10.1. The largest absolute Gasteiger partial charge is 0.335 e. The second kappa shape index (κ2) is 7.67. The highest BCUT2D eigenvalue weighted by Gasteiger charge is 2.25. The molecule has 2 rings (SSSR count). The maximum absolute atomic E-state index is 11.6. The molecule has 6 nitrogen and oxygen atoms in total. The standard InChI is InChI=1S/C12H22N4O2.ClH/c1-13-9-4-6-16(7-5-9)8-11(17)15-12(18)14-10-2-3-10;/h9-10,13H,2-8H2,1H3,(H2,14,15,17,18);1H. The minimum atomic E-state index is -0.354. The Bertz CT molecular complexity index is 315.